The summed E-state index contributed by atoms with van der Waals surface area (Å²) in [4.78, 5) is 26.4. The maximum Gasteiger partial charge on any atom is 0.326 e. The number of aryl methyl sites for hydroxylation is 1. The van der Waals surface area contributed by atoms with E-state index in [-0.39, 0.29) is 17.9 Å². The van der Waals surface area contributed by atoms with Crippen molar-refractivity contribution in [3.63, 3.8) is 0 Å². The van der Waals surface area contributed by atoms with Gasteiger partial charge in [-0.25, -0.2) is 4.79 Å². The number of carbonyl (C=O) groups is 2. The van der Waals surface area contributed by atoms with E-state index in [1.807, 2.05) is 0 Å². The summed E-state index contributed by atoms with van der Waals surface area (Å²) in [5.74, 6) is -1.38. The van der Waals surface area contributed by atoms with Gasteiger partial charge in [0.1, 0.15) is 6.04 Å². The highest BCUT2D eigenvalue weighted by Crippen LogP contribution is 2.26. The molecule has 1 heterocycles. The van der Waals surface area contributed by atoms with Gasteiger partial charge >= 0.3 is 5.97 Å². The fraction of sp³-hybridized carbons (Fsp3) is 0.250. The van der Waals surface area contributed by atoms with Crippen molar-refractivity contribution in [1.29, 1.82) is 0 Å². The maximum atomic E-state index is 12.1. The quantitative estimate of drug-likeness (QED) is 0.644. The molecular weight excluding hydrogens is 300 g/mol. The van der Waals surface area contributed by atoms with Crippen LogP contribution in [0, 0.1) is 6.92 Å². The van der Waals surface area contributed by atoms with Crippen LogP contribution in [0.2, 0.25) is 0 Å². The molecule has 0 aliphatic rings. The number of benzene rings is 1. The average molecular weight is 318 g/mol. The first-order valence-corrected chi connectivity index (χ1v) is 6.95. The summed E-state index contributed by atoms with van der Waals surface area (Å²) in [6.45, 7) is 1.76. The zero-order chi connectivity index (χ0) is 17.0. The monoisotopic (exact) mass is 318 g/mol. The standard InChI is InChI=1S/C16H18N2O5/c1-9-7-17-8-11(9)15(20)18-12(16(21)22)5-10-3-4-13(19)14(6-10)23-2/h3-4,6-8,12,17,19H,5H2,1-2H3,(H,18,20)(H,21,22). The third kappa shape index (κ3) is 3.82. The van der Waals surface area contributed by atoms with E-state index in [9.17, 15) is 19.8 Å². The summed E-state index contributed by atoms with van der Waals surface area (Å²) in [5.41, 5.74) is 1.76. The second-order valence-electron chi connectivity index (χ2n) is 5.13. The van der Waals surface area contributed by atoms with Crippen LogP contribution in [0.25, 0.3) is 0 Å². The maximum absolute atomic E-state index is 12.1. The molecule has 1 aromatic heterocycles. The van der Waals surface area contributed by atoms with Crippen molar-refractivity contribution in [2.75, 3.05) is 7.11 Å². The third-order valence-electron chi connectivity index (χ3n) is 3.48. The number of hydrogen-bond donors (Lipinski definition) is 4. The highest BCUT2D eigenvalue weighted by Gasteiger charge is 2.22. The van der Waals surface area contributed by atoms with Crippen molar-refractivity contribution in [2.24, 2.45) is 0 Å². The van der Waals surface area contributed by atoms with Crippen LogP contribution in [-0.2, 0) is 11.2 Å². The van der Waals surface area contributed by atoms with Gasteiger partial charge in [0.05, 0.1) is 12.7 Å². The Balaban J connectivity index is 2.15. The molecule has 0 bridgehead atoms. The minimum Gasteiger partial charge on any atom is -0.504 e. The van der Waals surface area contributed by atoms with Gasteiger partial charge in [0, 0.05) is 18.8 Å². The van der Waals surface area contributed by atoms with Crippen LogP contribution >= 0.6 is 0 Å². The SMILES string of the molecule is COc1cc(CC(NC(=O)c2c[nH]cc2C)C(=O)O)ccc1O. The molecule has 2 rings (SSSR count). The van der Waals surface area contributed by atoms with E-state index in [0.29, 0.717) is 11.1 Å². The number of carboxylic acids is 1. The molecule has 0 saturated heterocycles. The summed E-state index contributed by atoms with van der Waals surface area (Å²) in [7, 11) is 1.41. The topological polar surface area (TPSA) is 112 Å². The predicted octanol–water partition coefficient (Wildman–Crippen LogP) is 1.46. The number of aromatic nitrogens is 1. The molecule has 1 unspecified atom stereocenters. The number of phenolic OH excluding ortho intramolecular Hbond substituents is 1. The minimum atomic E-state index is -1.14. The summed E-state index contributed by atoms with van der Waals surface area (Å²) in [6, 6.07) is 3.46. The number of amides is 1. The molecule has 23 heavy (non-hydrogen) atoms. The molecule has 1 aromatic carbocycles. The summed E-state index contributed by atoms with van der Waals surface area (Å²) in [6.07, 6.45) is 3.25. The number of nitrogens with one attached hydrogen (secondary N) is 2. The predicted molar refractivity (Wildman–Crippen MR) is 82.8 cm³/mol. The van der Waals surface area contributed by atoms with Crippen LogP contribution in [0.3, 0.4) is 0 Å². The number of aromatic amines is 1. The lowest BCUT2D eigenvalue weighted by molar-refractivity contribution is -0.139. The van der Waals surface area contributed by atoms with Gasteiger partial charge in [-0.05, 0) is 30.2 Å². The summed E-state index contributed by atoms with van der Waals surface area (Å²) >= 11 is 0. The number of aromatic hydroxyl groups is 1. The molecule has 7 nitrogen and oxygen atoms in total. The van der Waals surface area contributed by atoms with Gasteiger partial charge in [0.25, 0.3) is 5.91 Å². The summed E-state index contributed by atoms with van der Waals surface area (Å²) in [5, 5.41) is 21.4. The molecule has 4 N–H and O–H groups in total. The Bertz CT molecular complexity index is 723. The lowest BCUT2D eigenvalue weighted by Crippen LogP contribution is -2.42. The van der Waals surface area contributed by atoms with Gasteiger partial charge in [-0.1, -0.05) is 6.07 Å². The number of phenols is 1. The molecule has 0 saturated carbocycles. The number of carbonyl (C=O) groups excluding carboxylic acids is 1. The lowest BCUT2D eigenvalue weighted by atomic mass is 10.0. The molecule has 0 fully saturated rings. The normalized spacial score (nSPS) is 11.7. The van der Waals surface area contributed by atoms with Crippen molar-refractivity contribution >= 4 is 11.9 Å². The van der Waals surface area contributed by atoms with Crippen LogP contribution in [0.1, 0.15) is 21.5 Å². The third-order valence-corrected chi connectivity index (χ3v) is 3.48. The van der Waals surface area contributed by atoms with Crippen molar-refractivity contribution in [2.45, 2.75) is 19.4 Å². The molecule has 7 heteroatoms. The molecule has 1 amide bonds. The van der Waals surface area contributed by atoms with Crippen molar-refractivity contribution in [1.82, 2.24) is 10.3 Å². The van der Waals surface area contributed by atoms with E-state index in [4.69, 9.17) is 4.74 Å². The minimum absolute atomic E-state index is 0.0323. The Kier molecular flexibility index (Phi) is 4.90. The Labute approximate surface area is 132 Å². The van der Waals surface area contributed by atoms with Crippen LogP contribution in [0.15, 0.2) is 30.6 Å². The molecular formula is C16H18N2O5. The van der Waals surface area contributed by atoms with Crippen molar-refractivity contribution < 1.29 is 24.5 Å². The fourth-order valence-corrected chi connectivity index (χ4v) is 2.21. The highest BCUT2D eigenvalue weighted by atomic mass is 16.5. The molecule has 0 aliphatic heterocycles. The zero-order valence-electron chi connectivity index (χ0n) is 12.8. The van der Waals surface area contributed by atoms with E-state index in [1.54, 1.807) is 25.3 Å². The largest absolute Gasteiger partial charge is 0.504 e. The van der Waals surface area contributed by atoms with E-state index >= 15 is 0 Å². The number of rotatable bonds is 6. The van der Waals surface area contributed by atoms with Crippen LogP contribution in [0.4, 0.5) is 0 Å². The first-order valence-electron chi connectivity index (χ1n) is 6.95. The number of aliphatic carboxylic acids is 1. The van der Waals surface area contributed by atoms with Crippen LogP contribution in [-0.4, -0.2) is 40.2 Å². The van der Waals surface area contributed by atoms with E-state index < -0.39 is 17.9 Å². The second-order valence-corrected chi connectivity index (χ2v) is 5.13. The van der Waals surface area contributed by atoms with Gasteiger partial charge in [-0.3, -0.25) is 4.79 Å². The van der Waals surface area contributed by atoms with Crippen molar-refractivity contribution in [3.05, 3.63) is 47.3 Å². The van der Waals surface area contributed by atoms with E-state index in [1.165, 1.54) is 19.4 Å². The molecule has 0 spiro atoms. The Morgan fingerprint density at radius 1 is 1.35 bits per heavy atom. The fourth-order valence-electron chi connectivity index (χ4n) is 2.21. The van der Waals surface area contributed by atoms with Crippen LogP contribution in [0.5, 0.6) is 11.5 Å². The number of hydrogen-bond acceptors (Lipinski definition) is 4. The highest BCUT2D eigenvalue weighted by molar-refractivity contribution is 5.97. The Morgan fingerprint density at radius 3 is 2.65 bits per heavy atom. The van der Waals surface area contributed by atoms with Crippen LogP contribution < -0.4 is 10.1 Å². The number of H-pyrrole nitrogens is 1. The molecule has 0 radical (unpaired) electrons. The first-order chi connectivity index (χ1) is 10.9. The Hall–Kier alpha value is -2.96. The smallest absolute Gasteiger partial charge is 0.326 e. The number of ether oxygens (including phenoxy) is 1. The number of carboxylic acid groups (broad SMARTS) is 1. The van der Waals surface area contributed by atoms with Gasteiger partial charge in [0.2, 0.25) is 0 Å². The summed E-state index contributed by atoms with van der Waals surface area (Å²) < 4.78 is 4.99. The number of methoxy groups -OCH3 is 1. The van der Waals surface area contributed by atoms with E-state index in [0.717, 1.165) is 5.56 Å². The van der Waals surface area contributed by atoms with Gasteiger partial charge in [-0.15, -0.1) is 0 Å². The van der Waals surface area contributed by atoms with Gasteiger partial charge < -0.3 is 25.3 Å². The van der Waals surface area contributed by atoms with Gasteiger partial charge in [-0.2, -0.15) is 0 Å². The molecule has 122 valence electrons. The molecule has 2 aromatic rings. The van der Waals surface area contributed by atoms with Crippen molar-refractivity contribution in [3.8, 4) is 11.5 Å². The zero-order valence-corrected chi connectivity index (χ0v) is 12.8. The van der Waals surface area contributed by atoms with E-state index in [2.05, 4.69) is 10.3 Å². The average Bonchev–Trinajstić information content (AvgIpc) is 2.94. The second kappa shape index (κ2) is 6.87. The Morgan fingerprint density at radius 2 is 2.09 bits per heavy atom. The first kappa shape index (κ1) is 16.4. The lowest BCUT2D eigenvalue weighted by Gasteiger charge is -2.15. The van der Waals surface area contributed by atoms with Gasteiger partial charge in [0.15, 0.2) is 11.5 Å². The molecule has 1 atom stereocenters. The molecule has 0 aliphatic carbocycles.